The van der Waals surface area contributed by atoms with E-state index in [9.17, 15) is 4.79 Å². The highest BCUT2D eigenvalue weighted by Gasteiger charge is 2.44. The Hall–Kier alpha value is -1.34. The molecule has 0 aliphatic carbocycles. The Balaban J connectivity index is 1.95. The predicted octanol–water partition coefficient (Wildman–Crippen LogP) is 0.130. The second-order valence-electron chi connectivity index (χ2n) is 5.98. The van der Waals surface area contributed by atoms with Crippen molar-refractivity contribution in [1.29, 1.82) is 0 Å². The van der Waals surface area contributed by atoms with Crippen LogP contribution in [0.3, 0.4) is 0 Å². The fourth-order valence-corrected chi connectivity index (χ4v) is 3.14. The van der Waals surface area contributed by atoms with E-state index < -0.39 is 5.41 Å². The summed E-state index contributed by atoms with van der Waals surface area (Å²) in [6.45, 7) is 5.79. The average Bonchev–Trinajstić information content (AvgIpc) is 3.06. The van der Waals surface area contributed by atoms with Crippen LogP contribution in [0.2, 0.25) is 0 Å². The van der Waals surface area contributed by atoms with E-state index in [0.717, 1.165) is 13.1 Å². The number of hydrogen-bond donors (Lipinski definition) is 3. The lowest BCUT2D eigenvalue weighted by molar-refractivity contribution is -0.131. The first-order valence-corrected chi connectivity index (χ1v) is 7.68. The van der Waals surface area contributed by atoms with Gasteiger partial charge in [0.25, 0.3) is 0 Å². The van der Waals surface area contributed by atoms with Gasteiger partial charge in [0.2, 0.25) is 5.91 Å². The number of rotatable bonds is 5. The predicted molar refractivity (Wildman–Crippen MR) is 79.2 cm³/mol. The summed E-state index contributed by atoms with van der Waals surface area (Å²) in [5.74, 6) is -0.177. The fourth-order valence-electron chi connectivity index (χ4n) is 3.14. The topological polar surface area (TPSA) is 100 Å². The standard InChI is InChI=1S/C14H26N4O3/c1-11(18-6-2-3-7-18)10-16-13(19)14(12(15)17-20)4-8-21-9-5-14/h11,20H,2-10H2,1H3,(H2,15,17)(H,16,19). The quantitative estimate of drug-likeness (QED) is 0.290. The molecule has 0 saturated carbocycles. The van der Waals surface area contributed by atoms with Crippen LogP contribution in [0.1, 0.15) is 32.6 Å². The molecule has 0 bridgehead atoms. The molecule has 2 saturated heterocycles. The second kappa shape index (κ2) is 7.09. The van der Waals surface area contributed by atoms with Crippen molar-refractivity contribution < 1.29 is 14.7 Å². The molecule has 1 atom stereocenters. The molecule has 1 unspecified atom stereocenters. The molecule has 21 heavy (non-hydrogen) atoms. The van der Waals surface area contributed by atoms with Gasteiger partial charge in [0.1, 0.15) is 5.41 Å². The highest BCUT2D eigenvalue weighted by atomic mass is 16.5. The Morgan fingerprint density at radius 3 is 2.62 bits per heavy atom. The lowest BCUT2D eigenvalue weighted by Crippen LogP contribution is -2.54. The number of carbonyl (C=O) groups excluding carboxylic acids is 1. The summed E-state index contributed by atoms with van der Waals surface area (Å²) in [6.07, 6.45) is 3.35. The zero-order valence-corrected chi connectivity index (χ0v) is 12.7. The molecule has 2 aliphatic heterocycles. The third-order valence-electron chi connectivity index (χ3n) is 4.70. The van der Waals surface area contributed by atoms with Gasteiger partial charge in [-0.25, -0.2) is 0 Å². The molecule has 7 nitrogen and oxygen atoms in total. The second-order valence-corrected chi connectivity index (χ2v) is 5.98. The molecule has 4 N–H and O–H groups in total. The summed E-state index contributed by atoms with van der Waals surface area (Å²) in [5, 5.41) is 15.0. The molecule has 0 aromatic carbocycles. The molecule has 2 rings (SSSR count). The molecule has 0 aromatic rings. The van der Waals surface area contributed by atoms with E-state index in [1.165, 1.54) is 12.8 Å². The SMILES string of the molecule is CC(CNC(=O)C1(C(N)=NO)CCOCC1)N1CCCC1. The molecule has 7 heteroatoms. The van der Waals surface area contributed by atoms with Crippen molar-refractivity contribution in [2.24, 2.45) is 16.3 Å². The molecule has 0 spiro atoms. The Bertz CT molecular complexity index is 388. The monoisotopic (exact) mass is 298 g/mol. The summed E-state index contributed by atoms with van der Waals surface area (Å²) in [5.41, 5.74) is 4.85. The van der Waals surface area contributed by atoms with E-state index in [4.69, 9.17) is 15.7 Å². The Kier molecular flexibility index (Phi) is 5.41. The number of oxime groups is 1. The number of amides is 1. The van der Waals surface area contributed by atoms with Crippen LogP contribution in [0.4, 0.5) is 0 Å². The summed E-state index contributed by atoms with van der Waals surface area (Å²) < 4.78 is 5.30. The summed E-state index contributed by atoms with van der Waals surface area (Å²) in [7, 11) is 0. The number of hydrogen-bond acceptors (Lipinski definition) is 5. The molecule has 2 fully saturated rings. The highest BCUT2D eigenvalue weighted by molar-refractivity contribution is 6.06. The third kappa shape index (κ3) is 3.47. The lowest BCUT2D eigenvalue weighted by atomic mass is 9.78. The van der Waals surface area contributed by atoms with E-state index in [1.54, 1.807) is 0 Å². The van der Waals surface area contributed by atoms with Crippen LogP contribution in [0.15, 0.2) is 5.16 Å². The molecular weight excluding hydrogens is 272 g/mol. The number of nitrogens with two attached hydrogens (primary N) is 1. The summed E-state index contributed by atoms with van der Waals surface area (Å²) in [6, 6.07) is 0.306. The van der Waals surface area contributed by atoms with Crippen molar-refractivity contribution in [3.05, 3.63) is 0 Å². The Labute approximate surface area is 125 Å². The molecule has 120 valence electrons. The van der Waals surface area contributed by atoms with Crippen LogP contribution in [0, 0.1) is 5.41 Å². The normalized spacial score (nSPS) is 24.7. The van der Waals surface area contributed by atoms with E-state index >= 15 is 0 Å². The number of ether oxygens (including phenoxy) is 1. The minimum Gasteiger partial charge on any atom is -0.409 e. The van der Waals surface area contributed by atoms with E-state index in [2.05, 4.69) is 22.3 Å². The fraction of sp³-hybridized carbons (Fsp3) is 0.857. The molecule has 2 aliphatic rings. The number of nitrogens with zero attached hydrogens (tertiary/aromatic N) is 2. The Morgan fingerprint density at radius 1 is 1.43 bits per heavy atom. The third-order valence-corrected chi connectivity index (χ3v) is 4.70. The maximum atomic E-state index is 12.6. The first-order chi connectivity index (χ1) is 10.1. The number of likely N-dealkylation sites (tertiary alicyclic amines) is 1. The highest BCUT2D eigenvalue weighted by Crippen LogP contribution is 2.31. The largest absolute Gasteiger partial charge is 0.409 e. The van der Waals surface area contributed by atoms with Crippen molar-refractivity contribution >= 4 is 11.7 Å². The van der Waals surface area contributed by atoms with Crippen molar-refractivity contribution in [3.8, 4) is 0 Å². The molecule has 0 aromatic heterocycles. The summed E-state index contributed by atoms with van der Waals surface area (Å²) in [4.78, 5) is 15.0. The average molecular weight is 298 g/mol. The molecule has 1 amide bonds. The molecule has 2 heterocycles. The number of carbonyl (C=O) groups is 1. The van der Waals surface area contributed by atoms with Crippen LogP contribution < -0.4 is 11.1 Å². The van der Waals surface area contributed by atoms with Crippen molar-refractivity contribution in [2.75, 3.05) is 32.8 Å². The van der Waals surface area contributed by atoms with Gasteiger partial charge in [-0.15, -0.1) is 0 Å². The van der Waals surface area contributed by atoms with Crippen LogP contribution in [0.25, 0.3) is 0 Å². The van der Waals surface area contributed by atoms with E-state index in [-0.39, 0.29) is 11.7 Å². The minimum absolute atomic E-state index is 0.0166. The zero-order chi connectivity index (χ0) is 15.3. The van der Waals surface area contributed by atoms with Gasteiger partial charge in [0.05, 0.1) is 0 Å². The lowest BCUT2D eigenvalue weighted by Gasteiger charge is -2.35. The van der Waals surface area contributed by atoms with E-state index in [1.807, 2.05) is 0 Å². The van der Waals surface area contributed by atoms with Gasteiger partial charge >= 0.3 is 0 Å². The van der Waals surface area contributed by atoms with Crippen molar-refractivity contribution in [2.45, 2.75) is 38.6 Å². The van der Waals surface area contributed by atoms with Gasteiger partial charge in [-0.05, 0) is 45.7 Å². The maximum absolute atomic E-state index is 12.6. The van der Waals surface area contributed by atoms with E-state index in [0.29, 0.717) is 38.6 Å². The first-order valence-electron chi connectivity index (χ1n) is 7.68. The minimum atomic E-state index is -0.933. The van der Waals surface area contributed by atoms with Gasteiger partial charge < -0.3 is 21.0 Å². The number of amidine groups is 1. The Morgan fingerprint density at radius 2 is 2.05 bits per heavy atom. The van der Waals surface area contributed by atoms with Gasteiger partial charge in [0, 0.05) is 25.8 Å². The van der Waals surface area contributed by atoms with Crippen molar-refractivity contribution in [1.82, 2.24) is 10.2 Å². The maximum Gasteiger partial charge on any atom is 0.234 e. The molecular formula is C14H26N4O3. The van der Waals surface area contributed by atoms with Crippen LogP contribution in [0.5, 0.6) is 0 Å². The smallest absolute Gasteiger partial charge is 0.234 e. The molecule has 0 radical (unpaired) electrons. The number of nitrogens with one attached hydrogen (secondary N) is 1. The van der Waals surface area contributed by atoms with Gasteiger partial charge in [-0.3, -0.25) is 9.69 Å². The van der Waals surface area contributed by atoms with Gasteiger partial charge in [-0.1, -0.05) is 5.16 Å². The van der Waals surface area contributed by atoms with Gasteiger partial charge in [-0.2, -0.15) is 0 Å². The summed E-state index contributed by atoms with van der Waals surface area (Å²) >= 11 is 0. The van der Waals surface area contributed by atoms with Crippen LogP contribution >= 0.6 is 0 Å². The first kappa shape index (κ1) is 16.0. The van der Waals surface area contributed by atoms with Crippen molar-refractivity contribution in [3.63, 3.8) is 0 Å². The zero-order valence-electron chi connectivity index (χ0n) is 12.7. The van der Waals surface area contributed by atoms with Crippen LogP contribution in [-0.2, 0) is 9.53 Å². The van der Waals surface area contributed by atoms with Gasteiger partial charge in [0.15, 0.2) is 5.84 Å². The van der Waals surface area contributed by atoms with Crippen LogP contribution in [-0.4, -0.2) is 60.7 Å².